The van der Waals surface area contributed by atoms with Crippen molar-refractivity contribution < 1.29 is 13.2 Å². The summed E-state index contributed by atoms with van der Waals surface area (Å²) in [5.41, 5.74) is 3.44. The number of rotatable bonds is 7. The van der Waals surface area contributed by atoms with E-state index in [1.807, 2.05) is 12.3 Å². The van der Waals surface area contributed by atoms with Gasteiger partial charge in [-0.2, -0.15) is 12.7 Å². The van der Waals surface area contributed by atoms with Gasteiger partial charge in [0.05, 0.1) is 6.61 Å². The first kappa shape index (κ1) is 17.4. The number of aromatic amines is 1. The summed E-state index contributed by atoms with van der Waals surface area (Å²) in [6, 6.07) is 6.11. The lowest BCUT2D eigenvalue weighted by Crippen LogP contribution is -2.45. The first-order valence-corrected chi connectivity index (χ1v) is 9.78. The maximum Gasteiger partial charge on any atom is 0.279 e. The van der Waals surface area contributed by atoms with Crippen LogP contribution in [0.5, 0.6) is 0 Å². The summed E-state index contributed by atoms with van der Waals surface area (Å²) in [4.78, 5) is 3.28. The van der Waals surface area contributed by atoms with Crippen molar-refractivity contribution in [1.29, 1.82) is 0 Å². The molecular formula is C17H25N3O3S. The molecule has 0 aliphatic carbocycles. The molecule has 132 valence electrons. The van der Waals surface area contributed by atoms with E-state index in [9.17, 15) is 8.42 Å². The van der Waals surface area contributed by atoms with Gasteiger partial charge in [-0.15, -0.1) is 0 Å². The molecule has 3 rings (SSSR count). The van der Waals surface area contributed by atoms with Crippen molar-refractivity contribution in [2.75, 3.05) is 26.8 Å². The number of nitrogens with zero attached hydrogens (tertiary/aromatic N) is 1. The summed E-state index contributed by atoms with van der Waals surface area (Å²) in [5.74, 6) is 0. The highest BCUT2D eigenvalue weighted by molar-refractivity contribution is 7.87. The summed E-state index contributed by atoms with van der Waals surface area (Å²) in [6.45, 7) is 3.46. The smallest absolute Gasteiger partial charge is 0.279 e. The number of methoxy groups -OCH3 is 1. The van der Waals surface area contributed by atoms with Crippen LogP contribution in [0, 0.1) is 6.92 Å². The Morgan fingerprint density at radius 1 is 1.42 bits per heavy atom. The van der Waals surface area contributed by atoms with Gasteiger partial charge >= 0.3 is 0 Å². The minimum Gasteiger partial charge on any atom is -0.383 e. The van der Waals surface area contributed by atoms with E-state index < -0.39 is 10.2 Å². The molecule has 0 radical (unpaired) electrons. The second kappa shape index (κ2) is 7.23. The van der Waals surface area contributed by atoms with Crippen molar-refractivity contribution in [3.63, 3.8) is 0 Å². The first-order valence-electron chi connectivity index (χ1n) is 8.34. The lowest BCUT2D eigenvalue weighted by molar-refractivity contribution is 0.148. The summed E-state index contributed by atoms with van der Waals surface area (Å²) in [7, 11) is -1.85. The number of ether oxygens (including phenoxy) is 1. The number of aromatic nitrogens is 1. The maximum atomic E-state index is 12.5. The number of H-pyrrole nitrogens is 1. The third-order valence-corrected chi connectivity index (χ3v) is 6.35. The Morgan fingerprint density at radius 2 is 2.25 bits per heavy atom. The molecule has 0 saturated carbocycles. The predicted octanol–water partition coefficient (Wildman–Crippen LogP) is 1.96. The largest absolute Gasteiger partial charge is 0.383 e. The Balaban J connectivity index is 1.63. The number of benzene rings is 1. The lowest BCUT2D eigenvalue weighted by atomic mass is 10.1. The Morgan fingerprint density at radius 3 is 3.04 bits per heavy atom. The molecule has 0 spiro atoms. The van der Waals surface area contributed by atoms with Crippen LogP contribution in [-0.4, -0.2) is 50.6 Å². The molecular weight excluding hydrogens is 326 g/mol. The van der Waals surface area contributed by atoms with Gasteiger partial charge < -0.3 is 9.72 Å². The maximum absolute atomic E-state index is 12.5. The summed E-state index contributed by atoms with van der Waals surface area (Å²) >= 11 is 0. The van der Waals surface area contributed by atoms with E-state index >= 15 is 0 Å². The Hall–Kier alpha value is -1.41. The van der Waals surface area contributed by atoms with Crippen LogP contribution in [0.3, 0.4) is 0 Å². The highest BCUT2D eigenvalue weighted by Crippen LogP contribution is 2.22. The predicted molar refractivity (Wildman–Crippen MR) is 95.3 cm³/mol. The van der Waals surface area contributed by atoms with Crippen LogP contribution < -0.4 is 4.72 Å². The SMILES string of the molecule is COC[C@@H]1CCCN1S(=O)(=O)NCCc1c[nH]c2c(C)cccc12. The minimum absolute atomic E-state index is 0.0526. The quantitative estimate of drug-likeness (QED) is 0.801. The molecule has 2 N–H and O–H groups in total. The number of nitrogens with one attached hydrogen (secondary N) is 2. The normalized spacial score (nSPS) is 19.3. The molecule has 6 nitrogen and oxygen atoms in total. The van der Waals surface area contributed by atoms with Gasteiger partial charge in [-0.1, -0.05) is 18.2 Å². The number of aryl methyl sites for hydroxylation is 1. The fourth-order valence-electron chi connectivity index (χ4n) is 3.45. The monoisotopic (exact) mass is 351 g/mol. The highest BCUT2D eigenvalue weighted by Gasteiger charge is 2.33. The fraction of sp³-hybridized carbons (Fsp3) is 0.529. The molecule has 1 aliphatic heterocycles. The number of fused-ring (bicyclic) bond motifs is 1. The van der Waals surface area contributed by atoms with Gasteiger partial charge in [0, 0.05) is 43.3 Å². The van der Waals surface area contributed by atoms with Crippen LogP contribution in [0.2, 0.25) is 0 Å². The molecule has 1 aliphatic rings. The van der Waals surface area contributed by atoms with Crippen molar-refractivity contribution in [3.8, 4) is 0 Å². The van der Waals surface area contributed by atoms with Crippen molar-refractivity contribution in [2.24, 2.45) is 0 Å². The van der Waals surface area contributed by atoms with Gasteiger partial charge in [0.2, 0.25) is 0 Å². The van der Waals surface area contributed by atoms with E-state index in [0.717, 1.165) is 29.3 Å². The number of hydrogen-bond donors (Lipinski definition) is 2. The van der Waals surface area contributed by atoms with Gasteiger partial charge in [0.15, 0.2) is 0 Å². The third-order valence-electron chi connectivity index (χ3n) is 4.68. The topological polar surface area (TPSA) is 74.4 Å². The van der Waals surface area contributed by atoms with Crippen molar-refractivity contribution in [3.05, 3.63) is 35.5 Å². The van der Waals surface area contributed by atoms with Gasteiger partial charge in [-0.25, -0.2) is 4.72 Å². The van der Waals surface area contributed by atoms with Crippen LogP contribution in [0.25, 0.3) is 10.9 Å². The average Bonchev–Trinajstić information content (AvgIpc) is 3.16. The lowest BCUT2D eigenvalue weighted by Gasteiger charge is -2.23. The van der Waals surface area contributed by atoms with E-state index in [1.54, 1.807) is 7.11 Å². The number of para-hydroxylation sites is 1. The summed E-state index contributed by atoms with van der Waals surface area (Å²) in [6.07, 6.45) is 4.37. The zero-order valence-corrected chi connectivity index (χ0v) is 15.0. The molecule has 24 heavy (non-hydrogen) atoms. The van der Waals surface area contributed by atoms with Crippen LogP contribution in [0.15, 0.2) is 24.4 Å². The van der Waals surface area contributed by atoms with Crippen molar-refractivity contribution in [2.45, 2.75) is 32.2 Å². The van der Waals surface area contributed by atoms with E-state index in [4.69, 9.17) is 4.74 Å². The molecule has 1 fully saturated rings. The zero-order chi connectivity index (χ0) is 17.2. The van der Waals surface area contributed by atoms with Crippen molar-refractivity contribution in [1.82, 2.24) is 14.0 Å². The number of hydrogen-bond acceptors (Lipinski definition) is 3. The molecule has 0 unspecified atom stereocenters. The highest BCUT2D eigenvalue weighted by atomic mass is 32.2. The Kier molecular flexibility index (Phi) is 5.24. The van der Waals surface area contributed by atoms with Crippen molar-refractivity contribution >= 4 is 21.1 Å². The van der Waals surface area contributed by atoms with Gasteiger partial charge in [0.1, 0.15) is 0 Å². The molecule has 1 atom stereocenters. The molecule has 2 aromatic rings. The molecule has 2 heterocycles. The van der Waals surface area contributed by atoms with E-state index in [2.05, 4.69) is 28.8 Å². The minimum atomic E-state index is -3.45. The summed E-state index contributed by atoms with van der Waals surface area (Å²) < 4.78 is 34.4. The standard InChI is InChI=1S/C17H25N3O3S/c1-13-5-3-7-16-14(11-18-17(13)16)8-9-19-24(21,22)20-10-4-6-15(20)12-23-2/h3,5,7,11,15,18-19H,4,6,8-10,12H2,1-2H3/t15-/m0/s1. The van der Waals surface area contributed by atoms with E-state index in [0.29, 0.717) is 26.1 Å². The molecule has 7 heteroatoms. The molecule has 1 aromatic heterocycles. The van der Waals surface area contributed by atoms with Crippen LogP contribution in [0.1, 0.15) is 24.0 Å². The van der Waals surface area contributed by atoms with Gasteiger partial charge in [0.25, 0.3) is 10.2 Å². The Bertz CT molecular complexity index is 801. The van der Waals surface area contributed by atoms with E-state index in [1.165, 1.54) is 9.87 Å². The van der Waals surface area contributed by atoms with Crippen LogP contribution >= 0.6 is 0 Å². The van der Waals surface area contributed by atoms with Gasteiger partial charge in [-0.05, 0) is 37.3 Å². The van der Waals surface area contributed by atoms with Crippen LogP contribution in [0.4, 0.5) is 0 Å². The molecule has 1 saturated heterocycles. The average molecular weight is 351 g/mol. The molecule has 0 amide bonds. The van der Waals surface area contributed by atoms with E-state index in [-0.39, 0.29) is 6.04 Å². The van der Waals surface area contributed by atoms with Gasteiger partial charge in [-0.3, -0.25) is 0 Å². The molecule has 1 aromatic carbocycles. The second-order valence-electron chi connectivity index (χ2n) is 6.32. The molecule has 0 bridgehead atoms. The van der Waals surface area contributed by atoms with Crippen LogP contribution in [-0.2, 0) is 21.4 Å². The third kappa shape index (κ3) is 3.49. The first-order chi connectivity index (χ1) is 11.5. The zero-order valence-electron chi connectivity index (χ0n) is 14.2. The Labute approximate surface area is 143 Å². The fourth-order valence-corrected chi connectivity index (χ4v) is 4.91. The summed E-state index contributed by atoms with van der Waals surface area (Å²) in [5, 5.41) is 1.16. The second-order valence-corrected chi connectivity index (χ2v) is 8.03.